The van der Waals surface area contributed by atoms with E-state index in [1.54, 1.807) is 33.1 Å². The summed E-state index contributed by atoms with van der Waals surface area (Å²) >= 11 is 1.73. The standard InChI is InChI=1S/C32H34N2O3S/c1-24-10-19-31(37-4)30(20-24)33-32(38-23-27-8-6-5-7-9-27)34(21-25-11-15-28(35-2)16-12-25)22-26-13-17-29(36-3)18-14-26/h5-20H,21-23H2,1-4H3. The Labute approximate surface area is 230 Å². The van der Waals surface area contributed by atoms with Gasteiger partial charge in [-0.1, -0.05) is 72.4 Å². The van der Waals surface area contributed by atoms with Crippen LogP contribution in [-0.2, 0) is 18.8 Å². The van der Waals surface area contributed by atoms with Gasteiger partial charge in [-0.2, -0.15) is 0 Å². The smallest absolute Gasteiger partial charge is 0.165 e. The highest BCUT2D eigenvalue weighted by Crippen LogP contribution is 2.32. The van der Waals surface area contributed by atoms with Crippen molar-refractivity contribution in [2.75, 3.05) is 21.3 Å². The minimum absolute atomic E-state index is 0.685. The van der Waals surface area contributed by atoms with Gasteiger partial charge in [-0.3, -0.25) is 0 Å². The monoisotopic (exact) mass is 526 g/mol. The topological polar surface area (TPSA) is 43.3 Å². The first-order valence-electron chi connectivity index (χ1n) is 12.5. The molecule has 0 amide bonds. The molecule has 6 heteroatoms. The number of hydrogen-bond acceptors (Lipinski definition) is 5. The molecule has 38 heavy (non-hydrogen) atoms. The summed E-state index contributed by atoms with van der Waals surface area (Å²) < 4.78 is 16.4. The zero-order valence-corrected chi connectivity index (χ0v) is 23.2. The van der Waals surface area contributed by atoms with E-state index in [9.17, 15) is 0 Å². The highest BCUT2D eigenvalue weighted by molar-refractivity contribution is 8.13. The Hall–Kier alpha value is -3.90. The fourth-order valence-corrected chi connectivity index (χ4v) is 4.96. The van der Waals surface area contributed by atoms with Crippen molar-refractivity contribution in [2.24, 2.45) is 4.99 Å². The third-order valence-electron chi connectivity index (χ3n) is 6.10. The summed E-state index contributed by atoms with van der Waals surface area (Å²) in [4.78, 5) is 7.52. The lowest BCUT2D eigenvalue weighted by atomic mass is 10.1. The van der Waals surface area contributed by atoms with Gasteiger partial charge < -0.3 is 19.1 Å². The molecule has 0 aliphatic heterocycles. The SMILES string of the molecule is COc1ccc(CN(Cc2ccc(OC)cc2)C(=Nc2cc(C)ccc2OC)SCc2ccccc2)cc1. The molecule has 0 aromatic heterocycles. The Morgan fingerprint density at radius 1 is 0.684 bits per heavy atom. The van der Waals surface area contributed by atoms with Crippen molar-refractivity contribution in [3.8, 4) is 17.2 Å². The molecule has 0 saturated heterocycles. The lowest BCUT2D eigenvalue weighted by Crippen LogP contribution is -2.28. The molecule has 0 N–H and O–H groups in total. The third kappa shape index (κ3) is 7.56. The van der Waals surface area contributed by atoms with Gasteiger partial charge in [-0.25, -0.2) is 4.99 Å². The largest absolute Gasteiger partial charge is 0.497 e. The van der Waals surface area contributed by atoms with E-state index in [-0.39, 0.29) is 0 Å². The molecular weight excluding hydrogens is 492 g/mol. The Bertz CT molecular complexity index is 1270. The number of thioether (sulfide) groups is 1. The highest BCUT2D eigenvalue weighted by atomic mass is 32.2. The lowest BCUT2D eigenvalue weighted by Gasteiger charge is -2.27. The number of benzene rings is 4. The maximum Gasteiger partial charge on any atom is 0.165 e. The molecule has 0 heterocycles. The van der Waals surface area contributed by atoms with Gasteiger partial charge in [-0.15, -0.1) is 0 Å². The molecule has 0 fully saturated rings. The van der Waals surface area contributed by atoms with Gasteiger partial charge >= 0.3 is 0 Å². The molecule has 0 bridgehead atoms. The molecule has 4 aromatic rings. The van der Waals surface area contributed by atoms with Crippen molar-refractivity contribution in [3.05, 3.63) is 119 Å². The van der Waals surface area contributed by atoms with Gasteiger partial charge in [0.25, 0.3) is 0 Å². The van der Waals surface area contributed by atoms with Crippen molar-refractivity contribution in [1.29, 1.82) is 0 Å². The van der Waals surface area contributed by atoms with E-state index in [0.717, 1.165) is 39.4 Å². The first kappa shape index (κ1) is 27.1. The number of hydrogen-bond donors (Lipinski definition) is 0. The van der Waals surface area contributed by atoms with Crippen LogP contribution in [0.3, 0.4) is 0 Å². The van der Waals surface area contributed by atoms with Crippen molar-refractivity contribution >= 4 is 22.6 Å². The second-order valence-corrected chi connectivity index (χ2v) is 9.84. The minimum atomic E-state index is 0.685. The van der Waals surface area contributed by atoms with E-state index in [4.69, 9.17) is 19.2 Å². The zero-order valence-electron chi connectivity index (χ0n) is 22.4. The van der Waals surface area contributed by atoms with Gasteiger partial charge in [0.05, 0.1) is 21.3 Å². The molecule has 0 saturated carbocycles. The van der Waals surface area contributed by atoms with E-state index in [1.165, 1.54) is 16.7 Å². The van der Waals surface area contributed by atoms with Crippen LogP contribution in [0.25, 0.3) is 0 Å². The number of ether oxygens (including phenoxy) is 3. The van der Waals surface area contributed by atoms with Crippen LogP contribution >= 0.6 is 11.8 Å². The quantitative estimate of drug-likeness (QED) is 0.157. The predicted molar refractivity (Wildman–Crippen MR) is 158 cm³/mol. The molecule has 0 aliphatic rings. The van der Waals surface area contributed by atoms with Gasteiger partial charge in [0.1, 0.15) is 22.9 Å². The number of aryl methyl sites for hydroxylation is 1. The summed E-state index contributed by atoms with van der Waals surface area (Å²) in [5.41, 5.74) is 5.54. The fourth-order valence-electron chi connectivity index (χ4n) is 4.00. The minimum Gasteiger partial charge on any atom is -0.497 e. The second-order valence-electron chi connectivity index (χ2n) is 8.90. The lowest BCUT2D eigenvalue weighted by molar-refractivity contribution is 0.404. The summed E-state index contributed by atoms with van der Waals surface area (Å²) in [6.45, 7) is 3.44. The molecule has 0 aliphatic carbocycles. The van der Waals surface area contributed by atoms with Crippen LogP contribution in [0.5, 0.6) is 17.2 Å². The van der Waals surface area contributed by atoms with Crippen molar-refractivity contribution in [3.63, 3.8) is 0 Å². The van der Waals surface area contributed by atoms with Crippen molar-refractivity contribution in [2.45, 2.75) is 25.8 Å². The molecular formula is C32H34N2O3S. The number of rotatable bonds is 10. The number of methoxy groups -OCH3 is 3. The molecule has 0 spiro atoms. The van der Waals surface area contributed by atoms with Gasteiger partial charge in [0.15, 0.2) is 5.17 Å². The second kappa shape index (κ2) is 13.6. The third-order valence-corrected chi connectivity index (χ3v) is 7.18. The van der Waals surface area contributed by atoms with Crippen LogP contribution in [0.2, 0.25) is 0 Å². The van der Waals surface area contributed by atoms with Crippen LogP contribution < -0.4 is 14.2 Å². The summed E-state index contributed by atoms with van der Waals surface area (Å²) in [6.07, 6.45) is 0. The van der Waals surface area contributed by atoms with Gasteiger partial charge in [0.2, 0.25) is 0 Å². The predicted octanol–water partition coefficient (Wildman–Crippen LogP) is 7.64. The van der Waals surface area contributed by atoms with E-state index >= 15 is 0 Å². The first-order chi connectivity index (χ1) is 18.6. The normalized spacial score (nSPS) is 11.2. The average Bonchev–Trinajstić information content (AvgIpc) is 2.96. The fraction of sp³-hybridized carbons (Fsp3) is 0.219. The summed E-state index contributed by atoms with van der Waals surface area (Å²) in [6, 6.07) is 33.0. The van der Waals surface area contributed by atoms with Gasteiger partial charge in [0, 0.05) is 18.8 Å². The Balaban J connectivity index is 1.74. The van der Waals surface area contributed by atoms with E-state index in [0.29, 0.717) is 13.1 Å². The van der Waals surface area contributed by atoms with Crippen molar-refractivity contribution < 1.29 is 14.2 Å². The maximum atomic E-state index is 5.67. The molecule has 0 radical (unpaired) electrons. The Kier molecular flexibility index (Phi) is 9.71. The van der Waals surface area contributed by atoms with E-state index < -0.39 is 0 Å². The van der Waals surface area contributed by atoms with Crippen molar-refractivity contribution in [1.82, 2.24) is 4.90 Å². The molecule has 5 nitrogen and oxygen atoms in total. The summed E-state index contributed by atoms with van der Waals surface area (Å²) in [7, 11) is 5.06. The molecule has 4 rings (SSSR count). The molecule has 196 valence electrons. The first-order valence-corrected chi connectivity index (χ1v) is 13.5. The average molecular weight is 527 g/mol. The van der Waals surface area contributed by atoms with Crippen LogP contribution in [0, 0.1) is 6.92 Å². The number of nitrogens with zero attached hydrogens (tertiary/aromatic N) is 2. The van der Waals surface area contributed by atoms with Gasteiger partial charge in [-0.05, 0) is 65.6 Å². The maximum absolute atomic E-state index is 5.67. The van der Waals surface area contributed by atoms with Crippen LogP contribution in [-0.4, -0.2) is 31.4 Å². The Morgan fingerprint density at radius 2 is 1.26 bits per heavy atom. The zero-order chi connectivity index (χ0) is 26.7. The highest BCUT2D eigenvalue weighted by Gasteiger charge is 2.16. The number of amidine groups is 1. The Morgan fingerprint density at radius 3 is 1.79 bits per heavy atom. The van der Waals surface area contributed by atoms with Crippen LogP contribution in [0.4, 0.5) is 5.69 Å². The molecule has 4 aromatic carbocycles. The van der Waals surface area contributed by atoms with E-state index in [1.807, 2.05) is 42.5 Å². The van der Waals surface area contributed by atoms with Crippen LogP contribution in [0.15, 0.2) is 102 Å². The molecule has 0 atom stereocenters. The summed E-state index contributed by atoms with van der Waals surface area (Å²) in [5, 5.41) is 0.921. The molecule has 0 unspecified atom stereocenters. The summed E-state index contributed by atoms with van der Waals surface area (Å²) in [5.74, 6) is 3.23. The number of aliphatic imine (C=N–C) groups is 1. The van der Waals surface area contributed by atoms with E-state index in [2.05, 4.69) is 66.4 Å². The van der Waals surface area contributed by atoms with Crippen LogP contribution in [0.1, 0.15) is 22.3 Å².